The highest BCUT2D eigenvalue weighted by Crippen LogP contribution is 2.38. The summed E-state index contributed by atoms with van der Waals surface area (Å²) in [6.45, 7) is 0.320. The number of allylic oxidation sites excluding steroid dienone is 2. The number of ketones is 2. The largest absolute Gasteiger partial charge is 0.496 e. The smallest absolute Gasteiger partial charge is 0.190 e. The number of hydrogen-bond acceptors (Lipinski definition) is 9. The maximum Gasteiger partial charge on any atom is 0.190 e. The number of nitrogen functional groups attached to an aromatic ring is 1. The van der Waals surface area contributed by atoms with E-state index in [1.54, 1.807) is 12.1 Å². The Hall–Kier alpha value is -3.46. The molecule has 0 unspecified atom stereocenters. The number of benzene rings is 2. The normalized spacial score (nSPS) is 12.9. The van der Waals surface area contributed by atoms with Crippen LogP contribution in [0.25, 0.3) is 11.0 Å². The molecule has 0 saturated carbocycles. The van der Waals surface area contributed by atoms with Crippen LogP contribution in [0.2, 0.25) is 0 Å². The summed E-state index contributed by atoms with van der Waals surface area (Å²) >= 11 is 1.10. The third-order valence-electron chi connectivity index (χ3n) is 4.50. The molecule has 3 aromatic rings. The molecule has 0 saturated heterocycles. The lowest BCUT2D eigenvalue weighted by Gasteiger charge is -2.20. The first-order chi connectivity index (χ1) is 13.5. The van der Waals surface area contributed by atoms with Crippen molar-refractivity contribution in [3.63, 3.8) is 0 Å². The van der Waals surface area contributed by atoms with Gasteiger partial charge in [0.1, 0.15) is 22.5 Å². The third kappa shape index (κ3) is 2.85. The number of carbonyl (C=O) groups is 2. The second-order valence-corrected chi connectivity index (χ2v) is 6.66. The summed E-state index contributed by atoms with van der Waals surface area (Å²) in [5, 5.41) is 3.25. The maximum atomic E-state index is 12.4. The van der Waals surface area contributed by atoms with Crippen LogP contribution in [0.4, 0.5) is 11.4 Å². The number of rotatable bonds is 5. The first kappa shape index (κ1) is 17.9. The number of aromatic nitrogens is 2. The van der Waals surface area contributed by atoms with Gasteiger partial charge in [-0.1, -0.05) is 0 Å². The van der Waals surface area contributed by atoms with Gasteiger partial charge in [0, 0.05) is 17.8 Å². The van der Waals surface area contributed by atoms with Gasteiger partial charge in [-0.05, 0) is 30.4 Å². The number of hydrogen-bond donors (Lipinski definition) is 2. The van der Waals surface area contributed by atoms with E-state index >= 15 is 0 Å². The molecule has 0 amide bonds. The number of ether oxygens (including phenoxy) is 2. The Morgan fingerprint density at radius 3 is 2.50 bits per heavy atom. The Kier molecular flexibility index (Phi) is 4.44. The van der Waals surface area contributed by atoms with Crippen molar-refractivity contribution in [1.82, 2.24) is 8.75 Å². The van der Waals surface area contributed by atoms with Gasteiger partial charge in [-0.2, -0.15) is 8.75 Å². The molecule has 4 rings (SSSR count). The molecule has 2 aromatic carbocycles. The number of fused-ring (bicyclic) bond motifs is 2. The van der Waals surface area contributed by atoms with Crippen molar-refractivity contribution in [3.05, 3.63) is 47.0 Å². The summed E-state index contributed by atoms with van der Waals surface area (Å²) < 4.78 is 19.2. The van der Waals surface area contributed by atoms with Crippen molar-refractivity contribution in [2.45, 2.75) is 6.54 Å². The summed E-state index contributed by atoms with van der Waals surface area (Å²) in [5.74, 6) is 0.0775. The minimum absolute atomic E-state index is 0.213. The van der Waals surface area contributed by atoms with Crippen LogP contribution in [0.1, 0.15) is 26.3 Å². The molecule has 28 heavy (non-hydrogen) atoms. The van der Waals surface area contributed by atoms with E-state index < -0.39 is 0 Å². The summed E-state index contributed by atoms with van der Waals surface area (Å²) in [4.78, 5) is 24.7. The Morgan fingerprint density at radius 2 is 1.79 bits per heavy atom. The zero-order valence-electron chi connectivity index (χ0n) is 15.1. The van der Waals surface area contributed by atoms with Gasteiger partial charge in [-0.3, -0.25) is 9.59 Å². The number of nitrogens with one attached hydrogen (secondary N) is 1. The van der Waals surface area contributed by atoms with Gasteiger partial charge in [0.25, 0.3) is 0 Å². The van der Waals surface area contributed by atoms with Crippen LogP contribution in [0, 0.1) is 0 Å². The quantitative estimate of drug-likeness (QED) is 0.633. The molecular formula is C19H16N4O4S. The zero-order chi connectivity index (χ0) is 19.8. The molecule has 3 N–H and O–H groups in total. The van der Waals surface area contributed by atoms with Gasteiger partial charge in [-0.25, -0.2) is 0 Å². The van der Waals surface area contributed by atoms with E-state index in [4.69, 9.17) is 15.2 Å². The molecule has 0 fully saturated rings. The lowest BCUT2D eigenvalue weighted by atomic mass is 9.90. The number of nitrogens with zero attached hydrogens (tertiary/aromatic N) is 2. The molecule has 0 aliphatic heterocycles. The minimum atomic E-state index is -0.300. The van der Waals surface area contributed by atoms with Gasteiger partial charge >= 0.3 is 0 Å². The molecule has 1 heterocycles. The van der Waals surface area contributed by atoms with Crippen molar-refractivity contribution in [2.24, 2.45) is 0 Å². The van der Waals surface area contributed by atoms with Crippen LogP contribution >= 0.6 is 11.7 Å². The molecule has 142 valence electrons. The molecule has 0 spiro atoms. The minimum Gasteiger partial charge on any atom is -0.496 e. The van der Waals surface area contributed by atoms with Crippen molar-refractivity contribution in [3.8, 4) is 11.5 Å². The number of carbonyl (C=O) groups excluding carboxylic acids is 2. The fourth-order valence-corrected chi connectivity index (χ4v) is 3.78. The number of anilines is 2. The molecule has 1 aliphatic rings. The molecule has 0 bridgehead atoms. The van der Waals surface area contributed by atoms with E-state index in [0.29, 0.717) is 40.3 Å². The summed E-state index contributed by atoms with van der Waals surface area (Å²) in [7, 11) is 2.92. The Labute approximate surface area is 164 Å². The Morgan fingerprint density at radius 1 is 1.04 bits per heavy atom. The SMILES string of the molecule is COc1cc(CNc2cc(N)c3nsnc3c2)c(OC)c2c1C(=O)C=CC2=O. The highest BCUT2D eigenvalue weighted by atomic mass is 32.1. The van der Waals surface area contributed by atoms with Crippen molar-refractivity contribution >= 4 is 45.7 Å². The van der Waals surface area contributed by atoms with E-state index in [1.165, 1.54) is 26.4 Å². The highest BCUT2D eigenvalue weighted by molar-refractivity contribution is 7.00. The molecule has 9 heteroatoms. The first-order valence-electron chi connectivity index (χ1n) is 8.33. The second-order valence-electron chi connectivity index (χ2n) is 6.13. The summed E-state index contributed by atoms with van der Waals surface area (Å²) in [6, 6.07) is 5.30. The van der Waals surface area contributed by atoms with Crippen molar-refractivity contribution in [1.29, 1.82) is 0 Å². The Bertz CT molecular complexity index is 1150. The molecule has 1 aliphatic carbocycles. The van der Waals surface area contributed by atoms with Crippen LogP contribution in [0.3, 0.4) is 0 Å². The highest BCUT2D eigenvalue weighted by Gasteiger charge is 2.29. The standard InChI is InChI=1S/C19H16N4O4S/c1-26-15-5-9(19(27-2)17-14(25)4-3-13(24)16(15)17)8-21-10-6-11(20)18-12(7-10)22-28-23-18/h3-7,21H,8,20H2,1-2H3. The topological polar surface area (TPSA) is 116 Å². The Balaban J connectivity index is 1.74. The van der Waals surface area contributed by atoms with Gasteiger partial charge in [0.2, 0.25) is 0 Å². The van der Waals surface area contributed by atoms with E-state index in [0.717, 1.165) is 17.4 Å². The molecule has 1 aromatic heterocycles. The first-order valence-corrected chi connectivity index (χ1v) is 9.06. The lowest BCUT2D eigenvalue weighted by Crippen LogP contribution is -2.17. The van der Waals surface area contributed by atoms with Gasteiger partial charge in [-0.15, -0.1) is 0 Å². The van der Waals surface area contributed by atoms with E-state index in [1.807, 2.05) is 6.07 Å². The molecular weight excluding hydrogens is 380 g/mol. The van der Waals surface area contributed by atoms with Crippen molar-refractivity contribution in [2.75, 3.05) is 25.3 Å². The average molecular weight is 396 g/mol. The average Bonchev–Trinajstić information content (AvgIpc) is 3.17. The van der Waals surface area contributed by atoms with Crippen LogP contribution in [0.15, 0.2) is 30.4 Å². The number of methoxy groups -OCH3 is 2. The molecule has 0 radical (unpaired) electrons. The van der Waals surface area contributed by atoms with Gasteiger partial charge in [0.15, 0.2) is 11.6 Å². The van der Waals surface area contributed by atoms with Crippen LogP contribution in [-0.2, 0) is 6.54 Å². The fourth-order valence-electron chi connectivity index (χ4n) is 3.23. The van der Waals surface area contributed by atoms with E-state index in [9.17, 15) is 9.59 Å². The number of nitrogens with two attached hydrogens (primary N) is 1. The molecule has 8 nitrogen and oxygen atoms in total. The monoisotopic (exact) mass is 396 g/mol. The van der Waals surface area contributed by atoms with Crippen LogP contribution in [0.5, 0.6) is 11.5 Å². The predicted molar refractivity (Wildman–Crippen MR) is 107 cm³/mol. The summed E-state index contributed by atoms with van der Waals surface area (Å²) in [6.07, 6.45) is 2.48. The van der Waals surface area contributed by atoms with Gasteiger partial charge in [0.05, 0.1) is 42.8 Å². The van der Waals surface area contributed by atoms with Gasteiger partial charge < -0.3 is 20.5 Å². The van der Waals surface area contributed by atoms with E-state index in [-0.39, 0.29) is 22.7 Å². The molecule has 0 atom stereocenters. The predicted octanol–water partition coefficient (Wildman–Crippen LogP) is 2.84. The lowest BCUT2D eigenvalue weighted by molar-refractivity contribution is 0.0988. The fraction of sp³-hybridized carbons (Fsp3) is 0.158. The van der Waals surface area contributed by atoms with Crippen molar-refractivity contribution < 1.29 is 19.1 Å². The second kappa shape index (κ2) is 6.93. The summed E-state index contributed by atoms with van der Waals surface area (Å²) in [5.41, 5.74) is 9.77. The van der Waals surface area contributed by atoms with Crippen LogP contribution in [-0.4, -0.2) is 34.5 Å². The van der Waals surface area contributed by atoms with E-state index in [2.05, 4.69) is 14.1 Å². The van der Waals surface area contributed by atoms with Crippen LogP contribution < -0.4 is 20.5 Å². The zero-order valence-corrected chi connectivity index (χ0v) is 15.9. The third-order valence-corrected chi connectivity index (χ3v) is 5.04. The maximum absolute atomic E-state index is 12.4.